The third kappa shape index (κ3) is 6.61. The Kier molecular flexibility index (Phi) is 8.68. The van der Waals surface area contributed by atoms with Crippen LogP contribution in [0.5, 0.6) is 0 Å². The van der Waals surface area contributed by atoms with Gasteiger partial charge in [0.15, 0.2) is 0 Å². The number of carbonyl (C=O) groups is 2. The number of ether oxygens (including phenoxy) is 1. The van der Waals surface area contributed by atoms with E-state index < -0.39 is 0 Å². The Balaban J connectivity index is 0.000000370. The Morgan fingerprint density at radius 1 is 1.17 bits per heavy atom. The van der Waals surface area contributed by atoms with E-state index in [4.69, 9.17) is 16.3 Å². The van der Waals surface area contributed by atoms with Crippen LogP contribution in [-0.2, 0) is 9.53 Å². The fourth-order valence-corrected chi connectivity index (χ4v) is 2.99. The average molecular weight is 416 g/mol. The van der Waals surface area contributed by atoms with E-state index in [0.29, 0.717) is 18.0 Å². The molecule has 0 aliphatic carbocycles. The summed E-state index contributed by atoms with van der Waals surface area (Å²) in [7, 11) is 1.39. The van der Waals surface area contributed by atoms with Crippen molar-refractivity contribution >= 4 is 35.0 Å². The maximum Gasteiger partial charge on any atom is 0.337 e. The first-order valence-electron chi connectivity index (χ1n) is 9.34. The molecule has 2 aromatic carbocycles. The van der Waals surface area contributed by atoms with Gasteiger partial charge < -0.3 is 15.0 Å². The molecule has 0 aromatic heterocycles. The number of halogens is 1. The minimum atomic E-state index is -0.319. The fourth-order valence-electron chi connectivity index (χ4n) is 2.90. The zero-order valence-electron chi connectivity index (χ0n) is 16.9. The van der Waals surface area contributed by atoms with Gasteiger partial charge in [-0.3, -0.25) is 9.79 Å². The summed E-state index contributed by atoms with van der Waals surface area (Å²) in [5.41, 5.74) is 3.76. The highest BCUT2D eigenvalue weighted by Crippen LogP contribution is 2.26. The largest absolute Gasteiger partial charge is 0.465 e. The highest BCUT2D eigenvalue weighted by Gasteiger charge is 2.15. The van der Waals surface area contributed by atoms with E-state index in [0.717, 1.165) is 35.7 Å². The van der Waals surface area contributed by atoms with Crippen LogP contribution in [0.15, 0.2) is 53.5 Å². The van der Waals surface area contributed by atoms with E-state index in [1.54, 1.807) is 6.07 Å². The van der Waals surface area contributed by atoms with Gasteiger partial charge in [0.2, 0.25) is 5.91 Å². The number of hydrogen-bond acceptors (Lipinski definition) is 5. The van der Waals surface area contributed by atoms with Crippen LogP contribution in [0, 0.1) is 0 Å². The second-order valence-corrected chi connectivity index (χ2v) is 6.75. The maximum atomic E-state index is 11.7. The number of nitrogens with zero attached hydrogens (tertiary/aromatic N) is 2. The molecule has 1 heterocycles. The molecule has 0 radical (unpaired) electrons. The van der Waals surface area contributed by atoms with Gasteiger partial charge in [-0.25, -0.2) is 4.79 Å². The number of amides is 1. The van der Waals surface area contributed by atoms with E-state index >= 15 is 0 Å². The number of rotatable bonds is 5. The number of methoxy groups -OCH3 is 1. The quantitative estimate of drug-likeness (QED) is 0.596. The van der Waals surface area contributed by atoms with E-state index in [1.165, 1.54) is 14.0 Å². The maximum absolute atomic E-state index is 11.7. The van der Waals surface area contributed by atoms with Gasteiger partial charge in [0.05, 0.1) is 19.2 Å². The lowest BCUT2D eigenvalue weighted by Crippen LogP contribution is -2.24. The lowest BCUT2D eigenvalue weighted by atomic mass is 10.0. The number of esters is 1. The molecule has 3 rings (SSSR count). The molecule has 1 aliphatic heterocycles. The zero-order valence-corrected chi connectivity index (χ0v) is 17.7. The first-order valence-corrected chi connectivity index (χ1v) is 9.87. The average Bonchev–Trinajstić information content (AvgIpc) is 3.18. The van der Waals surface area contributed by atoms with Gasteiger partial charge in [0.1, 0.15) is 5.84 Å². The highest BCUT2D eigenvalue weighted by molar-refractivity contribution is 6.18. The molecule has 154 valence electrons. The number of aliphatic imine (C=N–C) groups is 1. The summed E-state index contributed by atoms with van der Waals surface area (Å²) in [5.74, 6) is 1.18. The molecule has 0 bridgehead atoms. The van der Waals surface area contributed by atoms with Gasteiger partial charge in [-0.15, -0.1) is 11.6 Å². The predicted octanol–water partition coefficient (Wildman–Crippen LogP) is 3.74. The molecule has 0 saturated carbocycles. The highest BCUT2D eigenvalue weighted by atomic mass is 35.5. The number of amidine groups is 1. The molecule has 0 spiro atoms. The SMILES string of the molecule is CC(=O)NCCCl.COC(=O)c1cccc(-c2cccc(N3CCN=C3C)c2)c1. The molecule has 0 unspecified atom stereocenters. The van der Waals surface area contributed by atoms with Gasteiger partial charge >= 0.3 is 5.97 Å². The van der Waals surface area contributed by atoms with Crippen LogP contribution >= 0.6 is 11.6 Å². The van der Waals surface area contributed by atoms with Crippen molar-refractivity contribution in [3.63, 3.8) is 0 Å². The van der Waals surface area contributed by atoms with Crippen LogP contribution in [-0.4, -0.2) is 50.3 Å². The van der Waals surface area contributed by atoms with Crippen LogP contribution < -0.4 is 10.2 Å². The summed E-state index contributed by atoms with van der Waals surface area (Å²) < 4.78 is 4.78. The molecule has 7 heteroatoms. The van der Waals surface area contributed by atoms with Crippen LogP contribution in [0.25, 0.3) is 11.1 Å². The normalized spacial score (nSPS) is 12.6. The number of nitrogens with one attached hydrogen (secondary N) is 1. The topological polar surface area (TPSA) is 71.0 Å². The molecule has 29 heavy (non-hydrogen) atoms. The third-order valence-electron chi connectivity index (χ3n) is 4.30. The lowest BCUT2D eigenvalue weighted by molar-refractivity contribution is -0.118. The summed E-state index contributed by atoms with van der Waals surface area (Å²) in [6, 6.07) is 15.8. The standard InChI is InChI=1S/C18H18N2O2.C4H8ClNO/c1-13-19-9-10-20(13)17-8-4-6-15(12-17)14-5-3-7-16(11-14)18(21)22-2;1-4(7)6-3-2-5/h3-8,11-12H,9-10H2,1-2H3;2-3H2,1H3,(H,6,7). The second kappa shape index (κ2) is 11.2. The zero-order chi connectivity index (χ0) is 21.2. The van der Waals surface area contributed by atoms with Gasteiger partial charge in [0.25, 0.3) is 0 Å². The van der Waals surface area contributed by atoms with Gasteiger partial charge in [-0.05, 0) is 42.3 Å². The number of hydrogen-bond donors (Lipinski definition) is 1. The molecule has 0 saturated heterocycles. The predicted molar refractivity (Wildman–Crippen MR) is 118 cm³/mol. The van der Waals surface area contributed by atoms with Gasteiger partial charge in [0, 0.05) is 31.6 Å². The molecular weight excluding hydrogens is 390 g/mol. The van der Waals surface area contributed by atoms with E-state index in [2.05, 4.69) is 27.3 Å². The van der Waals surface area contributed by atoms with Gasteiger partial charge in [-0.1, -0.05) is 24.3 Å². The van der Waals surface area contributed by atoms with Crippen molar-refractivity contribution in [3.8, 4) is 11.1 Å². The summed E-state index contributed by atoms with van der Waals surface area (Å²) >= 11 is 5.23. The molecule has 0 fully saturated rings. The first kappa shape index (κ1) is 22.4. The lowest BCUT2D eigenvalue weighted by Gasteiger charge is -2.19. The van der Waals surface area contributed by atoms with Crippen molar-refractivity contribution in [2.75, 3.05) is 37.5 Å². The van der Waals surface area contributed by atoms with Crippen molar-refractivity contribution in [1.82, 2.24) is 5.32 Å². The summed E-state index contributed by atoms with van der Waals surface area (Å²) in [6.45, 7) is 5.81. The molecule has 2 aromatic rings. The van der Waals surface area contributed by atoms with E-state index in [-0.39, 0.29) is 11.9 Å². The Labute approximate surface area is 176 Å². The number of benzene rings is 2. The number of carbonyl (C=O) groups excluding carboxylic acids is 2. The monoisotopic (exact) mass is 415 g/mol. The molecule has 1 amide bonds. The van der Waals surface area contributed by atoms with Crippen LogP contribution in [0.3, 0.4) is 0 Å². The fraction of sp³-hybridized carbons (Fsp3) is 0.318. The molecular formula is C22H26ClN3O3. The Morgan fingerprint density at radius 2 is 1.86 bits per heavy atom. The minimum absolute atomic E-state index is 0.0272. The summed E-state index contributed by atoms with van der Waals surface area (Å²) in [5, 5.41) is 2.52. The minimum Gasteiger partial charge on any atom is -0.465 e. The van der Waals surface area contributed by atoms with Gasteiger partial charge in [-0.2, -0.15) is 0 Å². The third-order valence-corrected chi connectivity index (χ3v) is 4.49. The van der Waals surface area contributed by atoms with E-state index in [1.807, 2.05) is 37.3 Å². The van der Waals surface area contributed by atoms with E-state index in [9.17, 15) is 9.59 Å². The van der Waals surface area contributed by atoms with Crippen LogP contribution in [0.4, 0.5) is 5.69 Å². The first-order chi connectivity index (χ1) is 14.0. The Hall–Kier alpha value is -2.86. The van der Waals surface area contributed by atoms with Crippen molar-refractivity contribution in [2.45, 2.75) is 13.8 Å². The molecule has 6 nitrogen and oxygen atoms in total. The Morgan fingerprint density at radius 3 is 2.41 bits per heavy atom. The van der Waals surface area contributed by atoms with Crippen LogP contribution in [0.2, 0.25) is 0 Å². The summed E-state index contributed by atoms with van der Waals surface area (Å²) in [6.07, 6.45) is 0. The Bertz CT molecular complexity index is 883. The number of alkyl halides is 1. The van der Waals surface area contributed by atoms with Crippen molar-refractivity contribution < 1.29 is 14.3 Å². The second-order valence-electron chi connectivity index (χ2n) is 6.38. The number of anilines is 1. The van der Waals surface area contributed by atoms with Crippen molar-refractivity contribution in [3.05, 3.63) is 54.1 Å². The summed E-state index contributed by atoms with van der Waals surface area (Å²) in [4.78, 5) is 28.3. The smallest absolute Gasteiger partial charge is 0.337 e. The molecule has 1 aliphatic rings. The van der Waals surface area contributed by atoms with Crippen molar-refractivity contribution in [1.29, 1.82) is 0 Å². The van der Waals surface area contributed by atoms with Crippen LogP contribution in [0.1, 0.15) is 24.2 Å². The molecule has 0 atom stereocenters. The molecule has 1 N–H and O–H groups in total. The van der Waals surface area contributed by atoms with Crippen molar-refractivity contribution in [2.24, 2.45) is 4.99 Å².